The lowest BCUT2D eigenvalue weighted by Gasteiger charge is -2.20. The van der Waals surface area contributed by atoms with Gasteiger partial charge in [0.05, 0.1) is 6.54 Å². The monoisotopic (exact) mass is 329 g/mol. The lowest BCUT2D eigenvalue weighted by Crippen LogP contribution is -2.39. The first-order chi connectivity index (χ1) is 11.0. The van der Waals surface area contributed by atoms with E-state index in [0.29, 0.717) is 6.54 Å². The van der Waals surface area contributed by atoms with Gasteiger partial charge < -0.3 is 15.0 Å². The molecule has 1 aromatic carbocycles. The van der Waals surface area contributed by atoms with Crippen LogP contribution in [0.25, 0.3) is 0 Å². The van der Waals surface area contributed by atoms with Crippen molar-refractivity contribution in [2.75, 3.05) is 26.2 Å². The van der Waals surface area contributed by atoms with Gasteiger partial charge in [-0.3, -0.25) is 0 Å². The summed E-state index contributed by atoms with van der Waals surface area (Å²) >= 11 is 0. The van der Waals surface area contributed by atoms with Gasteiger partial charge >= 0.3 is 6.18 Å². The van der Waals surface area contributed by atoms with E-state index in [1.807, 2.05) is 6.92 Å². The molecule has 0 bridgehead atoms. The van der Waals surface area contributed by atoms with Crippen molar-refractivity contribution in [3.63, 3.8) is 0 Å². The molecule has 128 valence electrons. The number of benzene rings is 1. The predicted molar refractivity (Wildman–Crippen MR) is 83.6 cm³/mol. The van der Waals surface area contributed by atoms with E-state index in [1.165, 1.54) is 12.8 Å². The molecule has 0 amide bonds. The van der Waals surface area contributed by atoms with Crippen molar-refractivity contribution < 1.29 is 17.9 Å². The highest BCUT2D eigenvalue weighted by Gasteiger charge is 2.28. The molecule has 7 heteroatoms. The maximum absolute atomic E-state index is 12.1. The minimum absolute atomic E-state index is 0.210. The molecule has 1 aliphatic rings. The van der Waals surface area contributed by atoms with Crippen LogP contribution in [-0.4, -0.2) is 43.3 Å². The first-order valence-electron chi connectivity index (χ1n) is 7.79. The molecule has 0 aliphatic carbocycles. The summed E-state index contributed by atoms with van der Waals surface area (Å²) in [6.45, 7) is 4.06. The van der Waals surface area contributed by atoms with E-state index >= 15 is 0 Å². The number of ether oxygens (including phenoxy) is 1. The molecular weight excluding hydrogens is 307 g/mol. The maximum atomic E-state index is 12.1. The predicted octanol–water partition coefficient (Wildman–Crippen LogP) is 3.19. The molecular formula is C16H22F3N3O. The zero-order valence-corrected chi connectivity index (χ0v) is 13.2. The zero-order valence-electron chi connectivity index (χ0n) is 13.2. The molecule has 1 heterocycles. The summed E-state index contributed by atoms with van der Waals surface area (Å²) in [4.78, 5) is 6.82. The standard InChI is InChI=1S/C16H22F3N3O/c1-2-20-15(22-9-3-4-10-22)21-11-13-5-7-14(8-6-13)23-12-16(17,18)19/h5-8H,2-4,9-12H2,1H3,(H,20,21). The van der Waals surface area contributed by atoms with Gasteiger partial charge in [0.15, 0.2) is 12.6 Å². The van der Waals surface area contributed by atoms with Gasteiger partial charge in [-0.1, -0.05) is 12.1 Å². The maximum Gasteiger partial charge on any atom is 0.422 e. The number of guanidine groups is 1. The van der Waals surface area contributed by atoms with Crippen molar-refractivity contribution in [1.82, 2.24) is 10.2 Å². The van der Waals surface area contributed by atoms with Crippen molar-refractivity contribution in [2.45, 2.75) is 32.5 Å². The van der Waals surface area contributed by atoms with Crippen LogP contribution in [0.15, 0.2) is 29.3 Å². The molecule has 2 rings (SSSR count). The Kier molecular flexibility index (Phi) is 6.12. The van der Waals surface area contributed by atoms with Crippen molar-refractivity contribution in [3.8, 4) is 5.75 Å². The molecule has 0 radical (unpaired) electrons. The molecule has 0 atom stereocenters. The van der Waals surface area contributed by atoms with Crippen LogP contribution in [0.1, 0.15) is 25.3 Å². The molecule has 0 saturated carbocycles. The second-order valence-electron chi connectivity index (χ2n) is 5.41. The fourth-order valence-corrected chi connectivity index (χ4v) is 2.38. The Labute approximate surface area is 134 Å². The number of nitrogens with zero attached hydrogens (tertiary/aromatic N) is 2. The number of rotatable bonds is 5. The van der Waals surface area contributed by atoms with Gasteiger partial charge in [0, 0.05) is 19.6 Å². The third kappa shape index (κ3) is 6.00. The highest BCUT2D eigenvalue weighted by Crippen LogP contribution is 2.19. The van der Waals surface area contributed by atoms with E-state index < -0.39 is 12.8 Å². The van der Waals surface area contributed by atoms with Crippen LogP contribution in [0.3, 0.4) is 0 Å². The van der Waals surface area contributed by atoms with Crippen LogP contribution >= 0.6 is 0 Å². The zero-order chi connectivity index (χ0) is 16.7. The van der Waals surface area contributed by atoms with Crippen LogP contribution in [-0.2, 0) is 6.54 Å². The van der Waals surface area contributed by atoms with Crippen LogP contribution in [0, 0.1) is 0 Å². The number of nitrogens with one attached hydrogen (secondary N) is 1. The van der Waals surface area contributed by atoms with E-state index in [4.69, 9.17) is 0 Å². The normalized spacial score (nSPS) is 15.8. The first-order valence-corrected chi connectivity index (χ1v) is 7.79. The fourth-order valence-electron chi connectivity index (χ4n) is 2.38. The van der Waals surface area contributed by atoms with Gasteiger partial charge in [-0.05, 0) is 37.5 Å². The van der Waals surface area contributed by atoms with E-state index in [9.17, 15) is 13.2 Å². The minimum Gasteiger partial charge on any atom is -0.484 e. The van der Waals surface area contributed by atoms with Crippen molar-refractivity contribution in [2.24, 2.45) is 4.99 Å². The van der Waals surface area contributed by atoms with Crippen LogP contribution in [0.5, 0.6) is 5.75 Å². The Balaban J connectivity index is 1.92. The Morgan fingerprint density at radius 3 is 2.43 bits per heavy atom. The molecule has 1 fully saturated rings. The molecule has 4 nitrogen and oxygen atoms in total. The van der Waals surface area contributed by atoms with Crippen molar-refractivity contribution in [1.29, 1.82) is 0 Å². The van der Waals surface area contributed by atoms with Gasteiger partial charge in [0.1, 0.15) is 5.75 Å². The Morgan fingerprint density at radius 2 is 1.87 bits per heavy atom. The molecule has 1 aromatic rings. The van der Waals surface area contributed by atoms with E-state index in [2.05, 4.69) is 19.9 Å². The number of alkyl halides is 3. The minimum atomic E-state index is -4.32. The summed E-state index contributed by atoms with van der Waals surface area (Å²) in [6.07, 6.45) is -1.97. The van der Waals surface area contributed by atoms with Crippen molar-refractivity contribution in [3.05, 3.63) is 29.8 Å². The molecule has 0 aromatic heterocycles. The quantitative estimate of drug-likeness (QED) is 0.666. The third-order valence-corrected chi connectivity index (χ3v) is 3.48. The summed E-state index contributed by atoms with van der Waals surface area (Å²) in [7, 11) is 0. The molecule has 1 aliphatic heterocycles. The van der Waals surface area contributed by atoms with Gasteiger partial charge in [0.25, 0.3) is 0 Å². The Morgan fingerprint density at radius 1 is 1.22 bits per heavy atom. The number of likely N-dealkylation sites (tertiary alicyclic amines) is 1. The first kappa shape index (κ1) is 17.4. The fraction of sp³-hybridized carbons (Fsp3) is 0.562. The van der Waals surface area contributed by atoms with Gasteiger partial charge in [-0.25, -0.2) is 4.99 Å². The molecule has 1 saturated heterocycles. The topological polar surface area (TPSA) is 36.9 Å². The number of aliphatic imine (C=N–C) groups is 1. The number of hydrogen-bond acceptors (Lipinski definition) is 2. The lowest BCUT2D eigenvalue weighted by atomic mass is 10.2. The van der Waals surface area contributed by atoms with E-state index in [0.717, 1.165) is 31.2 Å². The van der Waals surface area contributed by atoms with E-state index in [1.54, 1.807) is 24.3 Å². The number of halogens is 3. The average molecular weight is 329 g/mol. The summed E-state index contributed by atoms with van der Waals surface area (Å²) < 4.78 is 41.0. The van der Waals surface area contributed by atoms with Crippen molar-refractivity contribution >= 4 is 5.96 Å². The molecule has 23 heavy (non-hydrogen) atoms. The smallest absolute Gasteiger partial charge is 0.422 e. The SMILES string of the molecule is CCNC(=NCc1ccc(OCC(F)(F)F)cc1)N1CCCC1. The Hall–Kier alpha value is -1.92. The largest absolute Gasteiger partial charge is 0.484 e. The van der Waals surface area contributed by atoms with Gasteiger partial charge in [-0.15, -0.1) is 0 Å². The molecule has 0 spiro atoms. The summed E-state index contributed by atoms with van der Waals surface area (Å²) in [5, 5.41) is 3.27. The summed E-state index contributed by atoms with van der Waals surface area (Å²) in [5.74, 6) is 1.10. The average Bonchev–Trinajstić information content (AvgIpc) is 3.04. The van der Waals surface area contributed by atoms with Gasteiger partial charge in [-0.2, -0.15) is 13.2 Å². The van der Waals surface area contributed by atoms with E-state index in [-0.39, 0.29) is 5.75 Å². The summed E-state index contributed by atoms with van der Waals surface area (Å²) in [5.41, 5.74) is 0.930. The third-order valence-electron chi connectivity index (χ3n) is 3.48. The second-order valence-corrected chi connectivity index (χ2v) is 5.41. The molecule has 1 N–H and O–H groups in total. The highest BCUT2D eigenvalue weighted by atomic mass is 19.4. The number of hydrogen-bond donors (Lipinski definition) is 1. The van der Waals surface area contributed by atoms with Crippen LogP contribution in [0.4, 0.5) is 13.2 Å². The Bertz CT molecular complexity index is 508. The highest BCUT2D eigenvalue weighted by molar-refractivity contribution is 5.80. The second kappa shape index (κ2) is 8.08. The van der Waals surface area contributed by atoms with Crippen LogP contribution < -0.4 is 10.1 Å². The van der Waals surface area contributed by atoms with Gasteiger partial charge in [0.2, 0.25) is 0 Å². The lowest BCUT2D eigenvalue weighted by molar-refractivity contribution is -0.153. The molecule has 0 unspecified atom stereocenters. The summed E-state index contributed by atoms with van der Waals surface area (Å²) in [6, 6.07) is 6.56. The van der Waals surface area contributed by atoms with Crippen LogP contribution in [0.2, 0.25) is 0 Å².